The number of piperidine rings is 1. The highest BCUT2D eigenvalue weighted by Crippen LogP contribution is 2.28. The van der Waals surface area contributed by atoms with Gasteiger partial charge >= 0.3 is 0 Å². The first-order valence-corrected chi connectivity index (χ1v) is 6.31. The van der Waals surface area contributed by atoms with Crippen LogP contribution in [0.5, 0.6) is 0 Å². The Morgan fingerprint density at radius 2 is 2.18 bits per heavy atom. The van der Waals surface area contributed by atoms with Gasteiger partial charge in [-0.05, 0) is 32.6 Å². The van der Waals surface area contributed by atoms with Crippen molar-refractivity contribution in [3.8, 4) is 0 Å². The Kier molecular flexibility index (Phi) is 3.62. The van der Waals surface area contributed by atoms with Crippen LogP contribution < -0.4 is 4.90 Å². The molecule has 1 aliphatic rings. The van der Waals surface area contributed by atoms with Crippen molar-refractivity contribution >= 4 is 5.82 Å². The monoisotopic (exact) mass is 235 g/mol. The fourth-order valence-electron chi connectivity index (χ4n) is 2.43. The zero-order chi connectivity index (χ0) is 12.4. The topological polar surface area (TPSA) is 49.3 Å². The van der Waals surface area contributed by atoms with E-state index in [9.17, 15) is 5.11 Å². The van der Waals surface area contributed by atoms with Gasteiger partial charge in [0.05, 0.1) is 6.61 Å². The highest BCUT2D eigenvalue weighted by atomic mass is 16.3. The molecular weight excluding hydrogens is 214 g/mol. The maximum atomic E-state index is 9.39. The summed E-state index contributed by atoms with van der Waals surface area (Å²) in [5.74, 6) is 2.37. The van der Waals surface area contributed by atoms with Crippen LogP contribution in [-0.2, 0) is 6.61 Å². The first-order chi connectivity index (χ1) is 8.11. The van der Waals surface area contributed by atoms with Crippen LogP contribution in [-0.4, -0.2) is 27.7 Å². The number of aliphatic hydroxyl groups is 1. The Bertz CT molecular complexity index is 394. The molecule has 1 aromatic rings. The average molecular weight is 235 g/mol. The number of nitrogens with zero attached hydrogens (tertiary/aromatic N) is 3. The van der Waals surface area contributed by atoms with Crippen LogP contribution in [0.2, 0.25) is 0 Å². The van der Waals surface area contributed by atoms with Gasteiger partial charge < -0.3 is 10.0 Å². The molecule has 0 spiro atoms. The molecule has 0 radical (unpaired) electrons. The summed E-state index contributed by atoms with van der Waals surface area (Å²) in [7, 11) is 0. The SMILES string of the molecule is Cc1ncc(CO)c(N2CC(C)CCC2C)n1. The van der Waals surface area contributed by atoms with Crippen molar-refractivity contribution in [2.45, 2.75) is 46.3 Å². The van der Waals surface area contributed by atoms with Crippen molar-refractivity contribution < 1.29 is 5.11 Å². The maximum Gasteiger partial charge on any atom is 0.138 e. The first kappa shape index (κ1) is 12.3. The largest absolute Gasteiger partial charge is 0.391 e. The zero-order valence-electron chi connectivity index (χ0n) is 10.8. The normalized spacial score (nSPS) is 25.1. The summed E-state index contributed by atoms with van der Waals surface area (Å²) >= 11 is 0. The van der Waals surface area contributed by atoms with E-state index in [1.165, 1.54) is 12.8 Å². The van der Waals surface area contributed by atoms with Crippen LogP contribution in [0, 0.1) is 12.8 Å². The lowest BCUT2D eigenvalue weighted by Gasteiger charge is -2.38. The summed E-state index contributed by atoms with van der Waals surface area (Å²) in [5, 5.41) is 9.39. The van der Waals surface area contributed by atoms with Crippen LogP contribution in [0.4, 0.5) is 5.82 Å². The van der Waals surface area contributed by atoms with Gasteiger partial charge in [0.15, 0.2) is 0 Å². The summed E-state index contributed by atoms with van der Waals surface area (Å²) in [6, 6.07) is 0.491. The molecule has 0 aromatic carbocycles. The minimum Gasteiger partial charge on any atom is -0.391 e. The molecule has 1 fully saturated rings. The van der Waals surface area contributed by atoms with Gasteiger partial charge in [-0.15, -0.1) is 0 Å². The van der Waals surface area contributed by atoms with E-state index in [4.69, 9.17) is 0 Å². The van der Waals surface area contributed by atoms with Gasteiger partial charge in [-0.2, -0.15) is 0 Å². The third-order valence-electron chi connectivity index (χ3n) is 3.52. The van der Waals surface area contributed by atoms with E-state index in [1.807, 2.05) is 6.92 Å². The minimum atomic E-state index is 0.00716. The van der Waals surface area contributed by atoms with Gasteiger partial charge in [-0.3, -0.25) is 0 Å². The minimum absolute atomic E-state index is 0.00716. The molecule has 4 heteroatoms. The summed E-state index contributed by atoms with van der Waals surface area (Å²) in [4.78, 5) is 11.0. The molecule has 2 atom stereocenters. The van der Waals surface area contributed by atoms with Gasteiger partial charge in [0, 0.05) is 24.3 Å². The molecule has 2 rings (SSSR count). The van der Waals surface area contributed by atoms with E-state index in [0.29, 0.717) is 12.0 Å². The molecule has 17 heavy (non-hydrogen) atoms. The van der Waals surface area contributed by atoms with Gasteiger partial charge in [0.1, 0.15) is 11.6 Å². The molecule has 4 nitrogen and oxygen atoms in total. The lowest BCUT2D eigenvalue weighted by molar-refractivity contribution is 0.279. The van der Waals surface area contributed by atoms with Crippen molar-refractivity contribution in [3.05, 3.63) is 17.6 Å². The molecule has 0 aliphatic carbocycles. The average Bonchev–Trinajstić information content (AvgIpc) is 2.32. The number of rotatable bonds is 2. The number of hydrogen-bond donors (Lipinski definition) is 1. The predicted molar refractivity (Wildman–Crippen MR) is 67.9 cm³/mol. The Balaban J connectivity index is 2.33. The molecule has 1 aliphatic heterocycles. The van der Waals surface area contributed by atoms with Crippen molar-refractivity contribution in [3.63, 3.8) is 0 Å². The number of aryl methyl sites for hydroxylation is 1. The number of hydrogen-bond acceptors (Lipinski definition) is 4. The van der Waals surface area contributed by atoms with E-state index in [1.54, 1.807) is 6.20 Å². The lowest BCUT2D eigenvalue weighted by Crippen LogP contribution is -2.42. The summed E-state index contributed by atoms with van der Waals surface area (Å²) in [6.07, 6.45) is 4.20. The third kappa shape index (κ3) is 2.57. The second-order valence-corrected chi connectivity index (χ2v) is 5.11. The fraction of sp³-hybridized carbons (Fsp3) is 0.692. The number of anilines is 1. The first-order valence-electron chi connectivity index (χ1n) is 6.31. The van der Waals surface area contributed by atoms with Gasteiger partial charge in [-0.1, -0.05) is 6.92 Å². The smallest absolute Gasteiger partial charge is 0.138 e. The molecular formula is C13H21N3O. The van der Waals surface area contributed by atoms with E-state index >= 15 is 0 Å². The van der Waals surface area contributed by atoms with Gasteiger partial charge in [0.25, 0.3) is 0 Å². The Morgan fingerprint density at radius 3 is 2.88 bits per heavy atom. The van der Waals surface area contributed by atoms with E-state index < -0.39 is 0 Å². The molecule has 2 heterocycles. The summed E-state index contributed by atoms with van der Waals surface area (Å²) < 4.78 is 0. The second-order valence-electron chi connectivity index (χ2n) is 5.11. The van der Waals surface area contributed by atoms with Crippen LogP contribution in [0.1, 0.15) is 38.1 Å². The second kappa shape index (κ2) is 5.00. The lowest BCUT2D eigenvalue weighted by atomic mass is 9.95. The Hall–Kier alpha value is -1.16. The standard InChI is InChI=1S/C13H21N3O/c1-9-4-5-10(2)16(7-9)13-12(8-17)6-14-11(3)15-13/h6,9-10,17H,4-5,7-8H2,1-3H3. The molecule has 0 amide bonds. The number of aromatic nitrogens is 2. The molecule has 1 aromatic heterocycles. The van der Waals surface area contributed by atoms with Gasteiger partial charge in [0.2, 0.25) is 0 Å². The van der Waals surface area contributed by atoms with Crippen molar-refractivity contribution in [2.75, 3.05) is 11.4 Å². The van der Waals surface area contributed by atoms with Crippen molar-refractivity contribution in [2.24, 2.45) is 5.92 Å². The summed E-state index contributed by atoms with van der Waals surface area (Å²) in [6.45, 7) is 7.41. The van der Waals surface area contributed by atoms with Crippen LogP contribution >= 0.6 is 0 Å². The molecule has 1 N–H and O–H groups in total. The van der Waals surface area contributed by atoms with E-state index in [0.717, 1.165) is 23.8 Å². The van der Waals surface area contributed by atoms with E-state index in [-0.39, 0.29) is 6.61 Å². The van der Waals surface area contributed by atoms with Crippen LogP contribution in [0.25, 0.3) is 0 Å². The third-order valence-corrected chi connectivity index (χ3v) is 3.52. The fourth-order valence-corrected chi connectivity index (χ4v) is 2.43. The molecule has 94 valence electrons. The quantitative estimate of drug-likeness (QED) is 0.850. The van der Waals surface area contributed by atoms with Crippen LogP contribution in [0.3, 0.4) is 0 Å². The van der Waals surface area contributed by atoms with Gasteiger partial charge in [-0.25, -0.2) is 9.97 Å². The zero-order valence-corrected chi connectivity index (χ0v) is 10.8. The highest BCUT2D eigenvalue weighted by Gasteiger charge is 2.25. The summed E-state index contributed by atoms with van der Waals surface area (Å²) in [5.41, 5.74) is 0.830. The molecule has 0 saturated carbocycles. The molecule has 0 bridgehead atoms. The van der Waals surface area contributed by atoms with Crippen LogP contribution in [0.15, 0.2) is 6.20 Å². The van der Waals surface area contributed by atoms with Crippen molar-refractivity contribution in [1.29, 1.82) is 0 Å². The number of aliphatic hydroxyl groups excluding tert-OH is 1. The Labute approximate surface area is 103 Å². The maximum absolute atomic E-state index is 9.39. The molecule has 2 unspecified atom stereocenters. The highest BCUT2D eigenvalue weighted by molar-refractivity contribution is 5.47. The molecule has 1 saturated heterocycles. The Morgan fingerprint density at radius 1 is 1.41 bits per heavy atom. The van der Waals surface area contributed by atoms with Crippen molar-refractivity contribution in [1.82, 2.24) is 9.97 Å². The predicted octanol–water partition coefficient (Wildman–Crippen LogP) is 1.90. The van der Waals surface area contributed by atoms with E-state index in [2.05, 4.69) is 28.7 Å².